The molecule has 2 aromatic rings. The van der Waals surface area contributed by atoms with E-state index < -0.39 is 0 Å². The lowest BCUT2D eigenvalue weighted by atomic mass is 9.98. The van der Waals surface area contributed by atoms with Crippen molar-refractivity contribution >= 4 is 17.5 Å². The molecule has 0 aromatic heterocycles. The number of nitrogens with two attached hydrogens (primary N) is 1. The van der Waals surface area contributed by atoms with E-state index in [1.165, 1.54) is 7.11 Å². The SMILES string of the molecule is CC/C(=C\c1cc(OC)c2c(c1)OCCO2)C(=O)c1ccc(N)c(OC)c1. The van der Waals surface area contributed by atoms with Crippen LogP contribution in [-0.4, -0.2) is 33.2 Å². The van der Waals surface area contributed by atoms with E-state index in [-0.39, 0.29) is 5.78 Å². The van der Waals surface area contributed by atoms with E-state index in [2.05, 4.69) is 0 Å². The number of nitrogen functional groups attached to an aromatic ring is 1. The van der Waals surface area contributed by atoms with Gasteiger partial charge < -0.3 is 24.7 Å². The van der Waals surface area contributed by atoms with Crippen molar-refractivity contribution in [1.82, 2.24) is 0 Å². The number of ketones is 1. The third-order valence-electron chi connectivity index (χ3n) is 4.36. The summed E-state index contributed by atoms with van der Waals surface area (Å²) in [4.78, 5) is 13.0. The first-order valence-electron chi connectivity index (χ1n) is 8.73. The summed E-state index contributed by atoms with van der Waals surface area (Å²) in [5, 5.41) is 0. The third-order valence-corrected chi connectivity index (χ3v) is 4.36. The number of carbonyl (C=O) groups is 1. The number of rotatable bonds is 6. The predicted molar refractivity (Wildman–Crippen MR) is 104 cm³/mol. The van der Waals surface area contributed by atoms with Gasteiger partial charge in [-0.05, 0) is 48.4 Å². The highest BCUT2D eigenvalue weighted by molar-refractivity contribution is 6.11. The topological polar surface area (TPSA) is 80.0 Å². The van der Waals surface area contributed by atoms with Crippen LogP contribution in [0, 0.1) is 0 Å². The van der Waals surface area contributed by atoms with Gasteiger partial charge >= 0.3 is 0 Å². The summed E-state index contributed by atoms with van der Waals surface area (Å²) in [6.07, 6.45) is 2.41. The number of allylic oxidation sites excluding steroid dienone is 1. The Morgan fingerprint density at radius 2 is 1.85 bits per heavy atom. The standard InChI is InChI=1S/C21H23NO5/c1-4-14(20(23)15-5-6-16(22)17(12-15)24-2)9-13-10-18(25-3)21-19(11-13)26-7-8-27-21/h5-6,9-12H,4,7-8,22H2,1-3H3/b14-9+. The van der Waals surface area contributed by atoms with Gasteiger partial charge in [0.05, 0.1) is 19.9 Å². The summed E-state index contributed by atoms with van der Waals surface area (Å²) in [5.74, 6) is 2.19. The van der Waals surface area contributed by atoms with Gasteiger partial charge in [0.25, 0.3) is 0 Å². The number of Topliss-reactive ketones (excluding diaryl/α,β-unsaturated/α-hetero) is 1. The molecule has 0 bridgehead atoms. The summed E-state index contributed by atoms with van der Waals surface area (Å²) < 4.78 is 21.9. The second-order valence-corrected chi connectivity index (χ2v) is 6.06. The first-order valence-corrected chi connectivity index (χ1v) is 8.73. The first-order chi connectivity index (χ1) is 13.1. The van der Waals surface area contributed by atoms with Gasteiger partial charge in [0.1, 0.15) is 19.0 Å². The number of benzene rings is 2. The average molecular weight is 369 g/mol. The minimum Gasteiger partial charge on any atom is -0.495 e. The van der Waals surface area contributed by atoms with Crippen LogP contribution in [0.4, 0.5) is 5.69 Å². The van der Waals surface area contributed by atoms with Gasteiger partial charge in [0.15, 0.2) is 17.3 Å². The van der Waals surface area contributed by atoms with Crippen molar-refractivity contribution < 1.29 is 23.7 Å². The van der Waals surface area contributed by atoms with Crippen LogP contribution in [0.5, 0.6) is 23.0 Å². The average Bonchev–Trinajstić information content (AvgIpc) is 2.71. The van der Waals surface area contributed by atoms with Crippen molar-refractivity contribution in [3.63, 3.8) is 0 Å². The number of fused-ring (bicyclic) bond motifs is 1. The minimum atomic E-state index is -0.0790. The first kappa shape index (κ1) is 18.6. The molecule has 3 rings (SSSR count). The number of carbonyl (C=O) groups excluding carboxylic acids is 1. The van der Waals surface area contributed by atoms with Gasteiger partial charge in [-0.3, -0.25) is 4.79 Å². The highest BCUT2D eigenvalue weighted by Crippen LogP contribution is 2.41. The summed E-state index contributed by atoms with van der Waals surface area (Å²) in [6, 6.07) is 8.72. The van der Waals surface area contributed by atoms with Gasteiger partial charge in [-0.25, -0.2) is 0 Å². The lowest BCUT2D eigenvalue weighted by molar-refractivity contribution is 0.103. The molecule has 0 radical (unpaired) electrons. The molecule has 0 fully saturated rings. The maximum atomic E-state index is 13.0. The smallest absolute Gasteiger partial charge is 0.203 e. The van der Waals surface area contributed by atoms with Crippen LogP contribution in [0.15, 0.2) is 35.9 Å². The molecule has 0 saturated carbocycles. The van der Waals surface area contributed by atoms with E-state index in [1.807, 2.05) is 25.1 Å². The maximum Gasteiger partial charge on any atom is 0.203 e. The maximum absolute atomic E-state index is 13.0. The van der Waals surface area contributed by atoms with Crippen LogP contribution in [0.2, 0.25) is 0 Å². The molecular weight excluding hydrogens is 346 g/mol. The highest BCUT2D eigenvalue weighted by Gasteiger charge is 2.19. The van der Waals surface area contributed by atoms with Crippen LogP contribution in [0.25, 0.3) is 6.08 Å². The second-order valence-electron chi connectivity index (χ2n) is 6.06. The molecule has 6 nitrogen and oxygen atoms in total. The van der Waals surface area contributed by atoms with E-state index in [0.29, 0.717) is 59.5 Å². The highest BCUT2D eigenvalue weighted by atomic mass is 16.6. The lowest BCUT2D eigenvalue weighted by Crippen LogP contribution is -2.16. The Labute approximate surface area is 158 Å². The van der Waals surface area contributed by atoms with Crippen molar-refractivity contribution in [3.05, 3.63) is 47.0 Å². The van der Waals surface area contributed by atoms with Gasteiger partial charge in [0, 0.05) is 11.1 Å². The van der Waals surface area contributed by atoms with Crippen LogP contribution in [0.3, 0.4) is 0 Å². The monoisotopic (exact) mass is 369 g/mol. The zero-order chi connectivity index (χ0) is 19.4. The van der Waals surface area contributed by atoms with Gasteiger partial charge in [-0.2, -0.15) is 0 Å². The van der Waals surface area contributed by atoms with E-state index >= 15 is 0 Å². The minimum absolute atomic E-state index is 0.0790. The molecule has 2 N–H and O–H groups in total. The summed E-state index contributed by atoms with van der Waals surface area (Å²) in [5.41, 5.74) is 8.32. The molecule has 0 amide bonds. The predicted octanol–water partition coefficient (Wildman–Crippen LogP) is 3.73. The number of methoxy groups -OCH3 is 2. The molecule has 0 saturated heterocycles. The third kappa shape index (κ3) is 3.84. The molecule has 0 atom stereocenters. The molecule has 1 heterocycles. The second kappa shape index (κ2) is 8.03. The largest absolute Gasteiger partial charge is 0.495 e. The molecule has 0 aliphatic carbocycles. The molecule has 0 spiro atoms. The van der Waals surface area contributed by atoms with Crippen LogP contribution in [-0.2, 0) is 0 Å². The van der Waals surface area contributed by atoms with E-state index in [0.717, 1.165) is 5.56 Å². The van der Waals surface area contributed by atoms with Gasteiger partial charge in [-0.15, -0.1) is 0 Å². The Morgan fingerprint density at radius 3 is 2.56 bits per heavy atom. The lowest BCUT2D eigenvalue weighted by Gasteiger charge is -2.21. The number of hydrogen-bond acceptors (Lipinski definition) is 6. The van der Waals surface area contributed by atoms with Crippen molar-refractivity contribution in [3.8, 4) is 23.0 Å². The van der Waals surface area contributed by atoms with Crippen LogP contribution in [0.1, 0.15) is 29.3 Å². The number of ether oxygens (including phenoxy) is 4. The number of hydrogen-bond donors (Lipinski definition) is 1. The van der Waals surface area contributed by atoms with Crippen molar-refractivity contribution in [2.45, 2.75) is 13.3 Å². The molecule has 6 heteroatoms. The fraction of sp³-hybridized carbons (Fsp3) is 0.286. The van der Waals surface area contributed by atoms with Crippen molar-refractivity contribution in [2.75, 3.05) is 33.2 Å². The van der Waals surface area contributed by atoms with Crippen molar-refractivity contribution in [1.29, 1.82) is 0 Å². The Balaban J connectivity index is 1.97. The van der Waals surface area contributed by atoms with Crippen LogP contribution >= 0.6 is 0 Å². The van der Waals surface area contributed by atoms with Crippen LogP contribution < -0.4 is 24.7 Å². The molecule has 0 unspecified atom stereocenters. The Hall–Kier alpha value is -3.15. The molecule has 142 valence electrons. The molecule has 1 aliphatic rings. The Kier molecular flexibility index (Phi) is 5.54. The van der Waals surface area contributed by atoms with E-state index in [9.17, 15) is 4.79 Å². The zero-order valence-electron chi connectivity index (χ0n) is 15.7. The molecule has 27 heavy (non-hydrogen) atoms. The fourth-order valence-electron chi connectivity index (χ4n) is 2.94. The van der Waals surface area contributed by atoms with E-state index in [1.54, 1.807) is 25.3 Å². The summed E-state index contributed by atoms with van der Waals surface area (Å²) >= 11 is 0. The van der Waals surface area contributed by atoms with Gasteiger partial charge in [0.2, 0.25) is 5.75 Å². The fourth-order valence-corrected chi connectivity index (χ4v) is 2.94. The van der Waals surface area contributed by atoms with Crippen molar-refractivity contribution in [2.24, 2.45) is 0 Å². The Bertz CT molecular complexity index is 871. The number of anilines is 1. The molecule has 1 aliphatic heterocycles. The van der Waals surface area contributed by atoms with Gasteiger partial charge in [-0.1, -0.05) is 6.92 Å². The van der Waals surface area contributed by atoms with E-state index in [4.69, 9.17) is 24.7 Å². The molecular formula is C21H23NO5. The Morgan fingerprint density at radius 1 is 1.11 bits per heavy atom. The quantitative estimate of drug-likeness (QED) is 0.475. The summed E-state index contributed by atoms with van der Waals surface area (Å²) in [7, 11) is 3.10. The zero-order valence-corrected chi connectivity index (χ0v) is 15.7. The summed E-state index contributed by atoms with van der Waals surface area (Å²) in [6.45, 7) is 2.90. The normalized spacial score (nSPS) is 13.2. The molecule has 2 aromatic carbocycles.